The number of hydrogen-bond acceptors (Lipinski definition) is 1. The zero-order valence-corrected chi connectivity index (χ0v) is 15.3. The van der Waals surface area contributed by atoms with Crippen LogP contribution in [0.2, 0.25) is 0 Å². The molecule has 0 spiro atoms. The van der Waals surface area contributed by atoms with E-state index in [2.05, 4.69) is 53.7 Å². The van der Waals surface area contributed by atoms with Crippen molar-refractivity contribution in [2.24, 2.45) is 11.8 Å². The number of aliphatic hydroxyl groups is 1. The molecule has 0 aromatic rings. The first-order chi connectivity index (χ1) is 9.81. The summed E-state index contributed by atoms with van der Waals surface area (Å²) in [6, 6.07) is 0. The minimum absolute atomic E-state index is 0.260. The van der Waals surface area contributed by atoms with Crippen LogP contribution in [0.25, 0.3) is 0 Å². The van der Waals surface area contributed by atoms with Gasteiger partial charge >= 0.3 is 0 Å². The molecule has 2 atom stereocenters. The van der Waals surface area contributed by atoms with E-state index in [1.807, 2.05) is 0 Å². The summed E-state index contributed by atoms with van der Waals surface area (Å²) in [7, 11) is 0. The number of aliphatic hydroxyl groups excluding tert-OH is 1. The molecule has 0 aliphatic heterocycles. The maximum atomic E-state index is 10.1. The van der Waals surface area contributed by atoms with Crippen LogP contribution in [0.4, 0.5) is 0 Å². The third kappa shape index (κ3) is 14.2. The van der Waals surface area contributed by atoms with E-state index in [1.165, 1.54) is 30.4 Å². The van der Waals surface area contributed by atoms with Gasteiger partial charge in [-0.05, 0) is 58.3 Å². The molecule has 124 valence electrons. The second-order valence-electron chi connectivity index (χ2n) is 7.41. The van der Waals surface area contributed by atoms with Crippen molar-refractivity contribution in [3.63, 3.8) is 0 Å². The molecule has 0 aliphatic rings. The van der Waals surface area contributed by atoms with Crippen LogP contribution in [0, 0.1) is 11.8 Å². The fourth-order valence-electron chi connectivity index (χ4n) is 2.56. The Labute approximate surface area is 133 Å². The molecule has 0 fully saturated rings. The highest BCUT2D eigenvalue weighted by Gasteiger charge is 2.07. The molecular formula is C20H38O. The summed E-state index contributed by atoms with van der Waals surface area (Å²) in [5, 5.41) is 10.1. The monoisotopic (exact) mass is 294 g/mol. The zero-order chi connectivity index (χ0) is 16.3. The van der Waals surface area contributed by atoms with E-state index >= 15 is 0 Å². The summed E-state index contributed by atoms with van der Waals surface area (Å²) in [6.07, 6.45) is 12.2. The molecule has 0 aromatic heterocycles. The predicted molar refractivity (Wildman–Crippen MR) is 95.5 cm³/mol. The first-order valence-corrected chi connectivity index (χ1v) is 8.80. The van der Waals surface area contributed by atoms with E-state index in [4.69, 9.17) is 0 Å². The van der Waals surface area contributed by atoms with Crippen LogP contribution in [0.5, 0.6) is 0 Å². The van der Waals surface area contributed by atoms with Gasteiger partial charge in [-0.1, -0.05) is 63.3 Å². The molecule has 0 aromatic carbocycles. The molecule has 1 nitrogen and oxygen atoms in total. The Bertz CT molecular complexity index is 308. The van der Waals surface area contributed by atoms with Crippen LogP contribution in [0.1, 0.15) is 86.5 Å². The first kappa shape index (κ1) is 20.4. The van der Waals surface area contributed by atoms with Crippen molar-refractivity contribution < 1.29 is 5.11 Å². The fraction of sp³-hybridized carbons (Fsp3) is 0.800. The minimum Gasteiger partial charge on any atom is -0.389 e. The third-order valence-corrected chi connectivity index (χ3v) is 4.00. The van der Waals surface area contributed by atoms with Crippen LogP contribution in [-0.4, -0.2) is 11.2 Å². The van der Waals surface area contributed by atoms with Crippen LogP contribution >= 0.6 is 0 Å². The van der Waals surface area contributed by atoms with Crippen LogP contribution in [-0.2, 0) is 0 Å². The number of rotatable bonds is 11. The van der Waals surface area contributed by atoms with Crippen molar-refractivity contribution in [1.29, 1.82) is 0 Å². The van der Waals surface area contributed by atoms with Gasteiger partial charge in [0.05, 0.1) is 6.10 Å². The van der Waals surface area contributed by atoms with E-state index in [-0.39, 0.29) is 6.10 Å². The molecule has 0 saturated carbocycles. The van der Waals surface area contributed by atoms with Gasteiger partial charge < -0.3 is 5.11 Å². The van der Waals surface area contributed by atoms with Gasteiger partial charge in [-0.3, -0.25) is 0 Å². The molecule has 0 rings (SSSR count). The van der Waals surface area contributed by atoms with Gasteiger partial charge in [0.2, 0.25) is 0 Å². The highest BCUT2D eigenvalue weighted by Crippen LogP contribution is 2.18. The fourth-order valence-corrected chi connectivity index (χ4v) is 2.56. The summed E-state index contributed by atoms with van der Waals surface area (Å²) >= 11 is 0. The lowest BCUT2D eigenvalue weighted by molar-refractivity contribution is 0.198. The average Bonchev–Trinajstić information content (AvgIpc) is 2.35. The summed E-state index contributed by atoms with van der Waals surface area (Å²) < 4.78 is 0. The van der Waals surface area contributed by atoms with Crippen molar-refractivity contribution in [3.8, 4) is 0 Å². The van der Waals surface area contributed by atoms with Gasteiger partial charge in [0.25, 0.3) is 0 Å². The molecule has 2 unspecified atom stereocenters. The topological polar surface area (TPSA) is 20.2 Å². The molecule has 0 aliphatic carbocycles. The Morgan fingerprint density at radius 2 is 1.62 bits per heavy atom. The molecule has 0 saturated heterocycles. The van der Waals surface area contributed by atoms with Crippen molar-refractivity contribution in [2.45, 2.75) is 92.6 Å². The second-order valence-corrected chi connectivity index (χ2v) is 7.41. The summed E-state index contributed by atoms with van der Waals surface area (Å²) in [5.41, 5.74) is 2.69. The lowest BCUT2D eigenvalue weighted by Crippen LogP contribution is -2.07. The third-order valence-electron chi connectivity index (χ3n) is 4.00. The normalized spacial score (nSPS) is 15.1. The minimum atomic E-state index is -0.260. The SMILES string of the molecule is CC(C)=CCCC(C)=CC(O)CCC(C)CCCC(C)C. The maximum Gasteiger partial charge on any atom is 0.0723 e. The molecule has 1 N–H and O–H groups in total. The standard InChI is InChI=1S/C20H38O/c1-16(2)9-7-11-18(5)13-14-20(21)15-19(6)12-8-10-17(3)4/h10,15-16,18,20-21H,7-9,11-14H2,1-6H3. The van der Waals surface area contributed by atoms with Gasteiger partial charge in [-0.25, -0.2) is 0 Å². The summed E-state index contributed by atoms with van der Waals surface area (Å²) in [4.78, 5) is 0. The largest absolute Gasteiger partial charge is 0.389 e. The molecule has 0 heterocycles. The number of allylic oxidation sites excluding steroid dienone is 3. The van der Waals surface area contributed by atoms with Gasteiger partial charge in [0, 0.05) is 0 Å². The molecule has 0 radical (unpaired) electrons. The van der Waals surface area contributed by atoms with Crippen molar-refractivity contribution >= 4 is 0 Å². The van der Waals surface area contributed by atoms with Gasteiger partial charge in [0.1, 0.15) is 0 Å². The van der Waals surface area contributed by atoms with Gasteiger partial charge in [-0.15, -0.1) is 0 Å². The molecule has 0 amide bonds. The summed E-state index contributed by atoms with van der Waals surface area (Å²) in [5.74, 6) is 1.55. The van der Waals surface area contributed by atoms with Crippen molar-refractivity contribution in [2.75, 3.05) is 0 Å². The first-order valence-electron chi connectivity index (χ1n) is 8.80. The Morgan fingerprint density at radius 3 is 2.19 bits per heavy atom. The Kier molecular flexibility index (Phi) is 11.7. The Hall–Kier alpha value is -0.560. The highest BCUT2D eigenvalue weighted by molar-refractivity contribution is 5.04. The van der Waals surface area contributed by atoms with E-state index in [0.717, 1.165) is 37.5 Å². The quantitative estimate of drug-likeness (QED) is 0.444. The lowest BCUT2D eigenvalue weighted by atomic mass is 9.94. The maximum absolute atomic E-state index is 10.1. The molecular weight excluding hydrogens is 256 g/mol. The van der Waals surface area contributed by atoms with E-state index in [1.54, 1.807) is 0 Å². The smallest absolute Gasteiger partial charge is 0.0723 e. The zero-order valence-electron chi connectivity index (χ0n) is 15.3. The van der Waals surface area contributed by atoms with Crippen LogP contribution < -0.4 is 0 Å². The van der Waals surface area contributed by atoms with E-state index in [0.29, 0.717) is 0 Å². The second kappa shape index (κ2) is 12.0. The van der Waals surface area contributed by atoms with Crippen molar-refractivity contribution in [3.05, 3.63) is 23.3 Å². The van der Waals surface area contributed by atoms with Gasteiger partial charge in [-0.2, -0.15) is 0 Å². The highest BCUT2D eigenvalue weighted by atomic mass is 16.3. The van der Waals surface area contributed by atoms with Crippen molar-refractivity contribution in [1.82, 2.24) is 0 Å². The Balaban J connectivity index is 3.86. The van der Waals surface area contributed by atoms with Gasteiger partial charge in [0.15, 0.2) is 0 Å². The Morgan fingerprint density at radius 1 is 0.952 bits per heavy atom. The van der Waals surface area contributed by atoms with E-state index < -0.39 is 0 Å². The van der Waals surface area contributed by atoms with Crippen LogP contribution in [0.15, 0.2) is 23.3 Å². The lowest BCUT2D eigenvalue weighted by Gasteiger charge is -2.14. The average molecular weight is 295 g/mol. The molecule has 0 bridgehead atoms. The summed E-state index contributed by atoms with van der Waals surface area (Å²) in [6.45, 7) is 13.3. The predicted octanol–water partition coefficient (Wildman–Crippen LogP) is 6.28. The van der Waals surface area contributed by atoms with E-state index in [9.17, 15) is 5.11 Å². The number of hydrogen-bond donors (Lipinski definition) is 1. The molecule has 1 heteroatoms. The van der Waals surface area contributed by atoms with Crippen LogP contribution in [0.3, 0.4) is 0 Å². The molecule has 21 heavy (non-hydrogen) atoms.